The van der Waals surface area contributed by atoms with E-state index < -0.39 is 0 Å². The van der Waals surface area contributed by atoms with E-state index in [1.807, 2.05) is 24.3 Å². The van der Waals surface area contributed by atoms with E-state index in [1.165, 1.54) is 11.8 Å². The van der Waals surface area contributed by atoms with Crippen molar-refractivity contribution >= 4 is 11.8 Å². The monoisotopic (exact) mass is 264 g/mol. The average molecular weight is 264 g/mol. The Morgan fingerprint density at radius 1 is 1.32 bits per heavy atom. The second kappa shape index (κ2) is 7.41. The lowest BCUT2D eigenvalue weighted by molar-refractivity contribution is -0.133. The van der Waals surface area contributed by atoms with Gasteiger partial charge in [-0.15, -0.1) is 0 Å². The molecule has 0 atom stereocenters. The highest BCUT2D eigenvalue weighted by Gasteiger charge is 2.08. The number of ether oxygens (including phenoxy) is 1. The van der Waals surface area contributed by atoms with E-state index in [2.05, 4.69) is 5.32 Å². The van der Waals surface area contributed by atoms with Crippen molar-refractivity contribution in [3.05, 3.63) is 29.8 Å². The van der Waals surface area contributed by atoms with Gasteiger partial charge >= 0.3 is 0 Å². The SMILES string of the molecule is COc1ccccc1CCNC(=O)CN(C)C(C)=O. The Labute approximate surface area is 113 Å². The Bertz CT molecular complexity index is 446. The number of benzene rings is 1. The number of carbonyl (C=O) groups excluding carboxylic acids is 2. The molecule has 0 unspecified atom stereocenters. The Morgan fingerprint density at radius 2 is 2.00 bits per heavy atom. The van der Waals surface area contributed by atoms with Gasteiger partial charge in [0.05, 0.1) is 13.7 Å². The third-order valence-electron chi connectivity index (χ3n) is 2.83. The quantitative estimate of drug-likeness (QED) is 0.828. The van der Waals surface area contributed by atoms with Crippen LogP contribution in [0.4, 0.5) is 0 Å². The molecule has 0 aliphatic rings. The van der Waals surface area contributed by atoms with Gasteiger partial charge in [0, 0.05) is 20.5 Å². The number of para-hydroxylation sites is 1. The maximum atomic E-state index is 11.6. The maximum Gasteiger partial charge on any atom is 0.239 e. The number of likely N-dealkylation sites (N-methyl/N-ethyl adjacent to an activating group) is 1. The third-order valence-corrected chi connectivity index (χ3v) is 2.83. The predicted molar refractivity (Wildman–Crippen MR) is 73.0 cm³/mol. The van der Waals surface area contributed by atoms with Crippen molar-refractivity contribution in [1.82, 2.24) is 10.2 Å². The van der Waals surface area contributed by atoms with E-state index in [9.17, 15) is 9.59 Å². The summed E-state index contributed by atoms with van der Waals surface area (Å²) in [5, 5.41) is 2.78. The van der Waals surface area contributed by atoms with Crippen LogP contribution in [0.15, 0.2) is 24.3 Å². The molecule has 1 N–H and O–H groups in total. The highest BCUT2D eigenvalue weighted by molar-refractivity contribution is 5.83. The van der Waals surface area contributed by atoms with Gasteiger partial charge in [-0.2, -0.15) is 0 Å². The van der Waals surface area contributed by atoms with Crippen LogP contribution in [-0.4, -0.2) is 44.0 Å². The van der Waals surface area contributed by atoms with Gasteiger partial charge < -0.3 is 15.0 Å². The van der Waals surface area contributed by atoms with Gasteiger partial charge in [-0.1, -0.05) is 18.2 Å². The van der Waals surface area contributed by atoms with Crippen LogP contribution >= 0.6 is 0 Å². The van der Waals surface area contributed by atoms with Crippen molar-refractivity contribution in [3.63, 3.8) is 0 Å². The van der Waals surface area contributed by atoms with Crippen molar-refractivity contribution in [2.45, 2.75) is 13.3 Å². The molecule has 0 saturated heterocycles. The summed E-state index contributed by atoms with van der Waals surface area (Å²) < 4.78 is 5.23. The van der Waals surface area contributed by atoms with Crippen molar-refractivity contribution in [1.29, 1.82) is 0 Å². The molecule has 0 aliphatic carbocycles. The zero-order valence-corrected chi connectivity index (χ0v) is 11.6. The summed E-state index contributed by atoms with van der Waals surface area (Å²) in [6.07, 6.45) is 0.694. The van der Waals surface area contributed by atoms with Crippen molar-refractivity contribution < 1.29 is 14.3 Å². The fourth-order valence-electron chi connectivity index (χ4n) is 1.63. The largest absolute Gasteiger partial charge is 0.496 e. The topological polar surface area (TPSA) is 58.6 Å². The molecule has 104 valence electrons. The van der Waals surface area contributed by atoms with Gasteiger partial charge in [0.25, 0.3) is 0 Å². The first kappa shape index (κ1) is 15.0. The summed E-state index contributed by atoms with van der Waals surface area (Å²) in [7, 11) is 3.22. The van der Waals surface area contributed by atoms with Crippen LogP contribution < -0.4 is 10.1 Å². The first-order valence-electron chi connectivity index (χ1n) is 6.15. The van der Waals surface area contributed by atoms with Crippen LogP contribution in [0.5, 0.6) is 5.75 Å². The highest BCUT2D eigenvalue weighted by atomic mass is 16.5. The molecule has 0 heterocycles. The van der Waals surface area contributed by atoms with Crippen LogP contribution in [0, 0.1) is 0 Å². The van der Waals surface area contributed by atoms with Crippen molar-refractivity contribution in [2.75, 3.05) is 27.2 Å². The van der Waals surface area contributed by atoms with Crippen molar-refractivity contribution in [3.8, 4) is 5.75 Å². The summed E-state index contributed by atoms with van der Waals surface area (Å²) in [4.78, 5) is 23.9. The zero-order valence-electron chi connectivity index (χ0n) is 11.6. The Hall–Kier alpha value is -2.04. The van der Waals surface area contributed by atoms with E-state index >= 15 is 0 Å². The maximum absolute atomic E-state index is 11.6. The number of nitrogens with one attached hydrogen (secondary N) is 1. The first-order valence-corrected chi connectivity index (χ1v) is 6.15. The Morgan fingerprint density at radius 3 is 2.63 bits per heavy atom. The normalized spacial score (nSPS) is 9.84. The van der Waals surface area contributed by atoms with E-state index in [0.717, 1.165) is 11.3 Å². The third kappa shape index (κ3) is 4.99. The van der Waals surface area contributed by atoms with Crippen LogP contribution in [0.25, 0.3) is 0 Å². The van der Waals surface area contributed by atoms with Crippen LogP contribution in [0.3, 0.4) is 0 Å². The molecule has 0 bridgehead atoms. The molecule has 1 aromatic rings. The molecule has 0 aromatic heterocycles. The number of carbonyl (C=O) groups is 2. The first-order chi connectivity index (χ1) is 9.04. The molecular formula is C14H20N2O3. The summed E-state index contributed by atoms with van der Waals surface area (Å²) in [6, 6.07) is 7.69. The minimum atomic E-state index is -0.160. The predicted octanol–water partition coefficient (Wildman–Crippen LogP) is 0.832. The second-order valence-electron chi connectivity index (χ2n) is 4.29. The number of methoxy groups -OCH3 is 1. The molecule has 1 rings (SSSR count). The summed E-state index contributed by atoms with van der Waals surface area (Å²) in [5.74, 6) is 0.532. The van der Waals surface area contributed by atoms with Gasteiger partial charge in [0.2, 0.25) is 11.8 Å². The lowest BCUT2D eigenvalue weighted by Crippen LogP contribution is -2.38. The summed E-state index contributed by atoms with van der Waals surface area (Å²) >= 11 is 0. The standard InChI is InChI=1S/C14H20N2O3/c1-11(17)16(2)10-14(18)15-9-8-12-6-4-5-7-13(12)19-3/h4-7H,8-10H2,1-3H3,(H,15,18). The summed E-state index contributed by atoms with van der Waals surface area (Å²) in [6.45, 7) is 2.04. The van der Waals surface area contributed by atoms with Gasteiger partial charge in [-0.05, 0) is 18.1 Å². The smallest absolute Gasteiger partial charge is 0.239 e. The Kier molecular flexibility index (Phi) is 5.85. The fraction of sp³-hybridized carbons (Fsp3) is 0.429. The number of hydrogen-bond acceptors (Lipinski definition) is 3. The molecule has 0 radical (unpaired) electrons. The number of rotatable bonds is 6. The second-order valence-corrected chi connectivity index (χ2v) is 4.29. The molecule has 5 nitrogen and oxygen atoms in total. The van der Waals surface area contributed by atoms with Crippen LogP contribution in [0.2, 0.25) is 0 Å². The van der Waals surface area contributed by atoms with E-state index in [-0.39, 0.29) is 18.4 Å². The zero-order chi connectivity index (χ0) is 14.3. The molecule has 19 heavy (non-hydrogen) atoms. The van der Waals surface area contributed by atoms with Crippen LogP contribution in [0.1, 0.15) is 12.5 Å². The lowest BCUT2D eigenvalue weighted by Gasteiger charge is -2.14. The van der Waals surface area contributed by atoms with Gasteiger partial charge in [-0.3, -0.25) is 9.59 Å². The van der Waals surface area contributed by atoms with Gasteiger partial charge in [-0.25, -0.2) is 0 Å². The molecule has 0 saturated carbocycles. The minimum Gasteiger partial charge on any atom is -0.496 e. The highest BCUT2D eigenvalue weighted by Crippen LogP contribution is 2.17. The molecule has 2 amide bonds. The number of amides is 2. The van der Waals surface area contributed by atoms with Gasteiger partial charge in [0.15, 0.2) is 0 Å². The molecule has 0 fully saturated rings. The van der Waals surface area contributed by atoms with Crippen molar-refractivity contribution in [2.24, 2.45) is 0 Å². The fourth-order valence-corrected chi connectivity index (χ4v) is 1.63. The molecule has 0 spiro atoms. The average Bonchev–Trinajstić information content (AvgIpc) is 2.39. The lowest BCUT2D eigenvalue weighted by atomic mass is 10.1. The van der Waals surface area contributed by atoms with E-state index in [4.69, 9.17) is 4.74 Å². The number of hydrogen-bond donors (Lipinski definition) is 1. The molecular weight excluding hydrogens is 244 g/mol. The molecule has 0 aliphatic heterocycles. The van der Waals surface area contributed by atoms with E-state index in [1.54, 1.807) is 14.2 Å². The summed E-state index contributed by atoms with van der Waals surface area (Å²) in [5.41, 5.74) is 1.05. The molecule has 1 aromatic carbocycles. The number of nitrogens with zero attached hydrogens (tertiary/aromatic N) is 1. The van der Waals surface area contributed by atoms with Crippen LogP contribution in [-0.2, 0) is 16.0 Å². The minimum absolute atomic E-state index is 0.0846. The van der Waals surface area contributed by atoms with E-state index in [0.29, 0.717) is 13.0 Å². The van der Waals surface area contributed by atoms with Gasteiger partial charge in [0.1, 0.15) is 5.75 Å². The Balaban J connectivity index is 2.38. The molecule has 5 heteroatoms.